The first kappa shape index (κ1) is 17.2. The van der Waals surface area contributed by atoms with Gasteiger partial charge >= 0.3 is 0 Å². The van der Waals surface area contributed by atoms with E-state index in [0.29, 0.717) is 19.0 Å². The molecule has 1 aromatic heterocycles. The molecule has 138 valence electrons. The van der Waals surface area contributed by atoms with Crippen molar-refractivity contribution in [1.29, 1.82) is 0 Å². The van der Waals surface area contributed by atoms with Crippen molar-refractivity contribution in [2.45, 2.75) is 23.5 Å². The second-order valence-electron chi connectivity index (χ2n) is 6.29. The number of nitrogens with one attached hydrogen (secondary N) is 1. The molecule has 0 radical (unpaired) electrons. The summed E-state index contributed by atoms with van der Waals surface area (Å²) < 4.78 is 38.5. The molecule has 0 aliphatic carbocycles. The van der Waals surface area contributed by atoms with E-state index in [1.54, 1.807) is 30.3 Å². The van der Waals surface area contributed by atoms with Crippen molar-refractivity contribution in [2.75, 3.05) is 35.9 Å². The van der Waals surface area contributed by atoms with E-state index in [1.165, 1.54) is 12.1 Å². The molecule has 2 fully saturated rings. The molecule has 3 heterocycles. The van der Waals surface area contributed by atoms with Crippen molar-refractivity contribution in [3.05, 3.63) is 42.5 Å². The van der Waals surface area contributed by atoms with Gasteiger partial charge in [0, 0.05) is 25.9 Å². The average molecular weight is 376 g/mol. The summed E-state index contributed by atoms with van der Waals surface area (Å²) in [5, 5.41) is 8.17. The van der Waals surface area contributed by atoms with Crippen LogP contribution in [0.5, 0.6) is 0 Å². The topological polar surface area (TPSA) is 93.7 Å². The fourth-order valence-corrected chi connectivity index (χ4v) is 4.22. The van der Waals surface area contributed by atoms with Crippen molar-refractivity contribution in [3.8, 4) is 0 Å². The van der Waals surface area contributed by atoms with E-state index >= 15 is 0 Å². The minimum atomic E-state index is -3.67. The van der Waals surface area contributed by atoms with Crippen LogP contribution in [0.4, 0.5) is 11.6 Å². The van der Waals surface area contributed by atoms with Gasteiger partial charge in [0.25, 0.3) is 10.0 Å². The fraction of sp³-hybridized carbons (Fsp3) is 0.412. The zero-order chi connectivity index (χ0) is 18.0. The summed E-state index contributed by atoms with van der Waals surface area (Å²) in [6.07, 6.45) is 1.55. The smallest absolute Gasteiger partial charge is 0.263 e. The molecule has 0 amide bonds. The van der Waals surface area contributed by atoms with Crippen LogP contribution < -0.4 is 9.62 Å². The molecular weight excluding hydrogens is 356 g/mol. The maximum Gasteiger partial charge on any atom is 0.263 e. The second kappa shape index (κ2) is 6.82. The number of sulfonamides is 1. The molecule has 0 atom stereocenters. The van der Waals surface area contributed by atoms with Crippen LogP contribution in [0.2, 0.25) is 0 Å². The third-order valence-corrected chi connectivity index (χ3v) is 5.98. The third kappa shape index (κ3) is 3.50. The van der Waals surface area contributed by atoms with Gasteiger partial charge in [0.2, 0.25) is 0 Å². The molecule has 9 heteroatoms. The molecule has 2 aliphatic rings. The first-order chi connectivity index (χ1) is 12.6. The number of piperidine rings is 1. The SMILES string of the molecule is O=S(=O)(Nc1ccc(N2CCC3(CC2)OCCO3)nn1)c1ccccc1. The Bertz CT molecular complexity index is 842. The van der Waals surface area contributed by atoms with Gasteiger partial charge in [-0.05, 0) is 24.3 Å². The summed E-state index contributed by atoms with van der Waals surface area (Å²) in [6, 6.07) is 11.5. The Morgan fingerprint density at radius 1 is 0.962 bits per heavy atom. The fourth-order valence-electron chi connectivity index (χ4n) is 3.21. The highest BCUT2D eigenvalue weighted by molar-refractivity contribution is 7.92. The largest absolute Gasteiger partial charge is 0.355 e. The summed E-state index contributed by atoms with van der Waals surface area (Å²) in [7, 11) is -3.67. The van der Waals surface area contributed by atoms with Crippen LogP contribution in [0, 0.1) is 0 Å². The van der Waals surface area contributed by atoms with E-state index in [-0.39, 0.29) is 10.7 Å². The molecule has 0 unspecified atom stereocenters. The van der Waals surface area contributed by atoms with E-state index < -0.39 is 15.8 Å². The zero-order valence-electron chi connectivity index (χ0n) is 14.2. The third-order valence-electron chi connectivity index (χ3n) is 4.61. The Hall–Kier alpha value is -2.23. The maximum atomic E-state index is 12.3. The van der Waals surface area contributed by atoms with Crippen molar-refractivity contribution in [1.82, 2.24) is 10.2 Å². The normalized spacial score (nSPS) is 19.6. The van der Waals surface area contributed by atoms with Crippen molar-refractivity contribution in [3.63, 3.8) is 0 Å². The predicted octanol–water partition coefficient (Wildman–Crippen LogP) is 1.62. The predicted molar refractivity (Wildman–Crippen MR) is 95.4 cm³/mol. The number of ether oxygens (including phenoxy) is 2. The summed E-state index contributed by atoms with van der Waals surface area (Å²) in [4.78, 5) is 2.28. The van der Waals surface area contributed by atoms with Crippen LogP contribution in [0.15, 0.2) is 47.4 Å². The van der Waals surface area contributed by atoms with Crippen LogP contribution in [-0.2, 0) is 19.5 Å². The highest BCUT2D eigenvalue weighted by atomic mass is 32.2. The first-order valence-electron chi connectivity index (χ1n) is 8.51. The Balaban J connectivity index is 1.41. The zero-order valence-corrected chi connectivity index (χ0v) is 15.0. The summed E-state index contributed by atoms with van der Waals surface area (Å²) in [6.45, 7) is 2.81. The van der Waals surface area contributed by atoms with Crippen molar-refractivity contribution in [2.24, 2.45) is 0 Å². The average Bonchev–Trinajstić information content (AvgIpc) is 3.12. The summed E-state index contributed by atoms with van der Waals surface area (Å²) >= 11 is 0. The van der Waals surface area contributed by atoms with E-state index in [9.17, 15) is 8.42 Å². The van der Waals surface area contributed by atoms with Crippen molar-refractivity contribution < 1.29 is 17.9 Å². The van der Waals surface area contributed by atoms with Crippen molar-refractivity contribution >= 4 is 21.7 Å². The minimum absolute atomic E-state index is 0.184. The van der Waals surface area contributed by atoms with E-state index in [1.807, 2.05) is 0 Å². The van der Waals surface area contributed by atoms with Gasteiger partial charge in [0.1, 0.15) is 0 Å². The van der Waals surface area contributed by atoms with Gasteiger partial charge in [0.05, 0.1) is 18.1 Å². The molecule has 1 spiro atoms. The number of anilines is 2. The maximum absolute atomic E-state index is 12.3. The van der Waals surface area contributed by atoms with E-state index in [4.69, 9.17) is 9.47 Å². The lowest BCUT2D eigenvalue weighted by Gasteiger charge is -2.37. The van der Waals surface area contributed by atoms with Gasteiger partial charge in [-0.3, -0.25) is 4.72 Å². The van der Waals surface area contributed by atoms with Crippen LogP contribution in [0.1, 0.15) is 12.8 Å². The quantitative estimate of drug-likeness (QED) is 0.866. The number of benzene rings is 1. The number of rotatable bonds is 4. The minimum Gasteiger partial charge on any atom is -0.355 e. The molecule has 26 heavy (non-hydrogen) atoms. The van der Waals surface area contributed by atoms with Gasteiger partial charge in [-0.15, -0.1) is 10.2 Å². The lowest BCUT2D eigenvalue weighted by atomic mass is 10.0. The van der Waals surface area contributed by atoms with Crippen LogP contribution >= 0.6 is 0 Å². The summed E-state index contributed by atoms with van der Waals surface area (Å²) in [5.41, 5.74) is 0. The molecule has 8 nitrogen and oxygen atoms in total. The molecule has 2 aromatic rings. The van der Waals surface area contributed by atoms with E-state index in [0.717, 1.165) is 25.9 Å². The number of hydrogen-bond donors (Lipinski definition) is 1. The first-order valence-corrected chi connectivity index (χ1v) is 9.99. The Morgan fingerprint density at radius 3 is 2.27 bits per heavy atom. The molecular formula is C17H20N4O4S. The van der Waals surface area contributed by atoms with E-state index in [2.05, 4.69) is 19.8 Å². The van der Waals surface area contributed by atoms with Crippen LogP contribution in [-0.4, -0.2) is 50.7 Å². The van der Waals surface area contributed by atoms with Crippen LogP contribution in [0.3, 0.4) is 0 Å². The highest BCUT2D eigenvalue weighted by Gasteiger charge is 2.40. The summed E-state index contributed by atoms with van der Waals surface area (Å²) in [5.74, 6) is 0.462. The molecule has 0 bridgehead atoms. The Morgan fingerprint density at radius 2 is 1.65 bits per heavy atom. The van der Waals surface area contributed by atoms with Gasteiger partial charge in [-0.2, -0.15) is 0 Å². The van der Waals surface area contributed by atoms with Gasteiger partial charge in [-0.1, -0.05) is 18.2 Å². The molecule has 0 saturated carbocycles. The number of aromatic nitrogens is 2. The van der Waals surface area contributed by atoms with Gasteiger partial charge < -0.3 is 14.4 Å². The Kier molecular flexibility index (Phi) is 4.51. The molecule has 2 saturated heterocycles. The Labute approximate surface area is 152 Å². The van der Waals surface area contributed by atoms with Gasteiger partial charge in [0.15, 0.2) is 17.4 Å². The molecule has 1 aromatic carbocycles. The number of nitrogens with zero attached hydrogens (tertiary/aromatic N) is 3. The lowest BCUT2D eigenvalue weighted by molar-refractivity contribution is -0.169. The molecule has 4 rings (SSSR count). The monoisotopic (exact) mass is 376 g/mol. The number of hydrogen-bond acceptors (Lipinski definition) is 7. The second-order valence-corrected chi connectivity index (χ2v) is 7.97. The molecule has 1 N–H and O–H groups in total. The lowest BCUT2D eigenvalue weighted by Crippen LogP contribution is -2.45. The molecule has 2 aliphatic heterocycles. The highest BCUT2D eigenvalue weighted by Crippen LogP contribution is 2.32. The van der Waals surface area contributed by atoms with Crippen LogP contribution in [0.25, 0.3) is 0 Å². The standard InChI is InChI=1S/C17H20N4O4S/c22-26(23,14-4-2-1-3-5-14)20-15-6-7-16(19-18-15)21-10-8-17(9-11-21)24-12-13-25-17/h1-7H,8-13H2,(H,18,20). The van der Waals surface area contributed by atoms with Gasteiger partial charge in [-0.25, -0.2) is 8.42 Å².